The van der Waals surface area contributed by atoms with Gasteiger partial charge in [0.1, 0.15) is 11.5 Å². The van der Waals surface area contributed by atoms with Crippen molar-refractivity contribution in [2.45, 2.75) is 19.1 Å². The van der Waals surface area contributed by atoms with Crippen molar-refractivity contribution in [3.05, 3.63) is 41.7 Å². The van der Waals surface area contributed by atoms with Gasteiger partial charge in [-0.15, -0.1) is 5.10 Å². The molecule has 2 heterocycles. The minimum absolute atomic E-state index is 0.0612. The maximum atomic E-state index is 12.2. The Balaban J connectivity index is 1.74. The van der Waals surface area contributed by atoms with Gasteiger partial charge in [-0.05, 0) is 26.0 Å². The first-order chi connectivity index (χ1) is 11.8. The van der Waals surface area contributed by atoms with Gasteiger partial charge in [0.25, 0.3) is 0 Å². The maximum Gasteiger partial charge on any atom is 0.336 e. The summed E-state index contributed by atoms with van der Waals surface area (Å²) < 4.78 is 34.5. The van der Waals surface area contributed by atoms with Gasteiger partial charge in [-0.3, -0.25) is 4.79 Å². The smallest absolute Gasteiger partial charge is 0.336 e. The second-order valence-electron chi connectivity index (χ2n) is 5.37. The van der Waals surface area contributed by atoms with E-state index < -0.39 is 26.7 Å². The van der Waals surface area contributed by atoms with Gasteiger partial charge in [-0.2, -0.15) is 0 Å². The number of nitrogens with one attached hydrogen (secondary N) is 1. The van der Waals surface area contributed by atoms with E-state index in [1.165, 1.54) is 6.07 Å². The van der Waals surface area contributed by atoms with Crippen molar-refractivity contribution in [2.75, 3.05) is 11.1 Å². The monoisotopic (exact) mass is 362 g/mol. The highest BCUT2D eigenvalue weighted by molar-refractivity contribution is 7.91. The summed E-state index contributed by atoms with van der Waals surface area (Å²) in [7, 11) is -4.08. The fourth-order valence-electron chi connectivity index (χ4n) is 1.99. The third-order valence-corrected chi connectivity index (χ3v) is 4.53. The quantitative estimate of drug-likeness (QED) is 0.727. The Labute approximate surface area is 143 Å². The molecule has 0 aliphatic carbocycles. The lowest BCUT2D eigenvalue weighted by molar-refractivity contribution is -0.113. The summed E-state index contributed by atoms with van der Waals surface area (Å²) in [6.07, 6.45) is 0. The van der Waals surface area contributed by atoms with E-state index in [4.69, 9.17) is 8.94 Å². The van der Waals surface area contributed by atoms with Crippen LogP contribution in [0.1, 0.15) is 11.3 Å². The molecule has 130 valence electrons. The number of rotatable bonds is 5. The van der Waals surface area contributed by atoms with Gasteiger partial charge in [-0.1, -0.05) is 28.0 Å². The van der Waals surface area contributed by atoms with Crippen LogP contribution in [-0.2, 0) is 14.6 Å². The highest BCUT2D eigenvalue weighted by atomic mass is 32.2. The molecule has 0 unspecified atom stereocenters. The lowest BCUT2D eigenvalue weighted by Crippen LogP contribution is -2.23. The third-order valence-electron chi connectivity index (χ3n) is 3.19. The minimum atomic E-state index is -4.08. The van der Waals surface area contributed by atoms with Gasteiger partial charge in [0, 0.05) is 11.6 Å². The van der Waals surface area contributed by atoms with E-state index in [9.17, 15) is 13.2 Å². The van der Waals surface area contributed by atoms with Crippen LogP contribution in [0.4, 0.5) is 5.82 Å². The van der Waals surface area contributed by atoms with E-state index in [1.54, 1.807) is 19.1 Å². The van der Waals surface area contributed by atoms with E-state index in [1.807, 2.05) is 19.1 Å². The van der Waals surface area contributed by atoms with Gasteiger partial charge in [0.2, 0.25) is 21.6 Å². The number of carbonyl (C=O) groups excluding carboxylic acids is 1. The number of aryl methyl sites for hydroxylation is 2. The zero-order chi connectivity index (χ0) is 18.0. The molecule has 0 bridgehead atoms. The molecular formula is C15H14N4O5S. The molecule has 9 nitrogen and oxygen atoms in total. The summed E-state index contributed by atoms with van der Waals surface area (Å²) in [5.74, 6) is -0.968. The van der Waals surface area contributed by atoms with Crippen molar-refractivity contribution < 1.29 is 22.2 Å². The summed E-state index contributed by atoms with van der Waals surface area (Å²) >= 11 is 0. The van der Waals surface area contributed by atoms with Gasteiger partial charge >= 0.3 is 5.22 Å². The van der Waals surface area contributed by atoms with Gasteiger partial charge in [0.15, 0.2) is 5.82 Å². The highest BCUT2D eigenvalue weighted by Crippen LogP contribution is 2.20. The Bertz CT molecular complexity index is 1000. The predicted octanol–water partition coefficient (Wildman–Crippen LogP) is 1.75. The Morgan fingerprint density at radius 2 is 1.88 bits per heavy atom. The Morgan fingerprint density at radius 3 is 2.52 bits per heavy atom. The van der Waals surface area contributed by atoms with Crippen LogP contribution < -0.4 is 5.32 Å². The lowest BCUT2D eigenvalue weighted by Gasteiger charge is -2.00. The molecule has 0 aliphatic heterocycles. The van der Waals surface area contributed by atoms with Crippen molar-refractivity contribution in [3.63, 3.8) is 0 Å². The van der Waals surface area contributed by atoms with E-state index in [2.05, 4.69) is 20.7 Å². The minimum Gasteiger partial charge on any atom is -0.408 e. The van der Waals surface area contributed by atoms with Crippen molar-refractivity contribution in [1.29, 1.82) is 0 Å². The van der Waals surface area contributed by atoms with Gasteiger partial charge in [-0.25, -0.2) is 8.42 Å². The summed E-state index contributed by atoms with van der Waals surface area (Å²) in [6, 6.07) is 8.60. The van der Waals surface area contributed by atoms with Crippen LogP contribution in [0.5, 0.6) is 0 Å². The van der Waals surface area contributed by atoms with Crippen molar-refractivity contribution >= 4 is 21.6 Å². The van der Waals surface area contributed by atoms with E-state index in [0.29, 0.717) is 11.3 Å². The molecule has 0 aliphatic rings. The molecule has 1 aromatic carbocycles. The van der Waals surface area contributed by atoms with Crippen LogP contribution in [0.15, 0.2) is 44.5 Å². The molecule has 25 heavy (non-hydrogen) atoms. The lowest BCUT2D eigenvalue weighted by atomic mass is 10.1. The standard InChI is InChI=1S/C15H14N4O5S/c1-9-3-5-11(6-4-9)14-17-18-15(23-14)25(21,22)8-13(20)16-12-7-10(2)24-19-12/h3-7H,8H2,1-2H3,(H,16,19,20). The van der Waals surface area contributed by atoms with Crippen LogP contribution in [0.3, 0.4) is 0 Å². The zero-order valence-corrected chi connectivity index (χ0v) is 14.2. The first kappa shape index (κ1) is 16.8. The van der Waals surface area contributed by atoms with E-state index in [0.717, 1.165) is 5.56 Å². The number of hydrogen-bond acceptors (Lipinski definition) is 8. The summed E-state index contributed by atoms with van der Waals surface area (Å²) in [5.41, 5.74) is 1.62. The fourth-order valence-corrected chi connectivity index (χ4v) is 2.90. The average molecular weight is 362 g/mol. The SMILES string of the molecule is Cc1ccc(-c2nnc(S(=O)(=O)CC(=O)Nc3cc(C)on3)o2)cc1. The number of hydrogen-bond donors (Lipinski definition) is 1. The molecule has 0 saturated carbocycles. The molecule has 0 fully saturated rings. The fraction of sp³-hybridized carbons (Fsp3) is 0.200. The number of anilines is 1. The topological polar surface area (TPSA) is 128 Å². The van der Waals surface area contributed by atoms with Gasteiger partial charge < -0.3 is 14.3 Å². The molecule has 0 radical (unpaired) electrons. The number of benzene rings is 1. The van der Waals surface area contributed by atoms with Crippen molar-refractivity contribution in [3.8, 4) is 11.5 Å². The molecule has 2 aromatic heterocycles. The third kappa shape index (κ3) is 3.91. The Hall–Kier alpha value is -3.01. The predicted molar refractivity (Wildman–Crippen MR) is 86.4 cm³/mol. The molecular weight excluding hydrogens is 348 g/mol. The molecule has 1 N–H and O–H groups in total. The number of carbonyl (C=O) groups is 1. The van der Waals surface area contributed by atoms with E-state index in [-0.39, 0.29) is 11.7 Å². The van der Waals surface area contributed by atoms with Crippen LogP contribution in [0.2, 0.25) is 0 Å². The number of amides is 1. The molecule has 10 heteroatoms. The first-order valence-corrected chi connectivity index (χ1v) is 8.85. The average Bonchev–Trinajstić information content (AvgIpc) is 3.17. The number of nitrogens with zero attached hydrogens (tertiary/aromatic N) is 3. The number of sulfone groups is 1. The first-order valence-electron chi connectivity index (χ1n) is 7.20. The molecule has 1 amide bonds. The van der Waals surface area contributed by atoms with Crippen LogP contribution in [0.25, 0.3) is 11.5 Å². The summed E-state index contributed by atoms with van der Waals surface area (Å²) in [6.45, 7) is 3.56. The Morgan fingerprint density at radius 1 is 1.16 bits per heavy atom. The largest absolute Gasteiger partial charge is 0.408 e. The van der Waals surface area contributed by atoms with Crippen molar-refractivity contribution in [1.82, 2.24) is 15.4 Å². The Kier molecular flexibility index (Phi) is 4.36. The van der Waals surface area contributed by atoms with Gasteiger partial charge in [0.05, 0.1) is 0 Å². The zero-order valence-electron chi connectivity index (χ0n) is 13.4. The molecule has 0 saturated heterocycles. The van der Waals surface area contributed by atoms with E-state index >= 15 is 0 Å². The van der Waals surface area contributed by atoms with Crippen molar-refractivity contribution in [2.24, 2.45) is 0 Å². The second kappa shape index (κ2) is 6.48. The molecule has 3 rings (SSSR count). The van der Waals surface area contributed by atoms with Crippen LogP contribution in [0, 0.1) is 13.8 Å². The summed E-state index contributed by atoms with van der Waals surface area (Å²) in [5, 5.41) is 12.5. The molecule has 0 spiro atoms. The van der Waals surface area contributed by atoms with Crippen LogP contribution in [-0.4, -0.2) is 35.4 Å². The van der Waals surface area contributed by atoms with Crippen LogP contribution >= 0.6 is 0 Å². The normalized spacial score (nSPS) is 11.4. The maximum absolute atomic E-state index is 12.2. The second-order valence-corrected chi connectivity index (χ2v) is 7.24. The molecule has 3 aromatic rings. The summed E-state index contributed by atoms with van der Waals surface area (Å²) in [4.78, 5) is 11.9. The highest BCUT2D eigenvalue weighted by Gasteiger charge is 2.26. The number of aromatic nitrogens is 3. The molecule has 0 atom stereocenters.